The number of Topliss-reactive ketones (excluding diaryl/α,β-unsaturated/α-hetero) is 1. The third-order valence-corrected chi connectivity index (χ3v) is 6.45. The Hall–Kier alpha value is -0.450. The molecule has 0 N–H and O–H groups in total. The molecule has 0 aliphatic carbocycles. The summed E-state index contributed by atoms with van der Waals surface area (Å²) in [5.41, 5.74) is 3.55. The molecule has 1 aromatic heterocycles. The molecule has 0 radical (unpaired) electrons. The highest BCUT2D eigenvalue weighted by atomic mass is 79.9. The van der Waals surface area contributed by atoms with Gasteiger partial charge in [-0.15, -0.1) is 11.3 Å². The molecule has 2 aromatic rings. The summed E-state index contributed by atoms with van der Waals surface area (Å²) < 4.78 is 1.80. The topological polar surface area (TPSA) is 17.1 Å². The first-order valence-corrected chi connectivity index (χ1v) is 7.97. The Morgan fingerprint density at radius 3 is 2.50 bits per heavy atom. The van der Waals surface area contributed by atoms with E-state index in [1.165, 1.54) is 22.5 Å². The standard InChI is InChI=1S/C14H12Br2OS/c1-8-3-4-10(5-9(8)2)6-12(17)14-13(16)11(15)7-18-14/h3-5,7H,6H2,1-2H3. The molecule has 0 saturated heterocycles. The van der Waals surface area contributed by atoms with Crippen LogP contribution in [0.1, 0.15) is 26.4 Å². The predicted molar refractivity (Wildman–Crippen MR) is 83.7 cm³/mol. The van der Waals surface area contributed by atoms with Crippen molar-refractivity contribution >= 4 is 49.0 Å². The van der Waals surface area contributed by atoms with Crippen molar-refractivity contribution in [1.82, 2.24) is 0 Å². The van der Waals surface area contributed by atoms with E-state index in [-0.39, 0.29) is 5.78 Å². The Kier molecular flexibility index (Phi) is 4.41. The van der Waals surface area contributed by atoms with Crippen LogP contribution >= 0.6 is 43.2 Å². The number of hydrogen-bond acceptors (Lipinski definition) is 2. The molecule has 1 aromatic carbocycles. The van der Waals surface area contributed by atoms with Crippen LogP contribution in [0.5, 0.6) is 0 Å². The van der Waals surface area contributed by atoms with Crippen LogP contribution in [-0.2, 0) is 6.42 Å². The fraction of sp³-hybridized carbons (Fsp3) is 0.214. The molecule has 0 saturated carbocycles. The number of thiophene rings is 1. The molecule has 0 unspecified atom stereocenters. The normalized spacial score (nSPS) is 10.7. The maximum atomic E-state index is 12.2. The first-order valence-electron chi connectivity index (χ1n) is 5.51. The van der Waals surface area contributed by atoms with Gasteiger partial charge in [0.05, 0.1) is 9.35 Å². The first-order chi connectivity index (χ1) is 8.49. The molecular weight excluding hydrogens is 376 g/mol. The van der Waals surface area contributed by atoms with E-state index in [2.05, 4.69) is 57.8 Å². The molecule has 0 fully saturated rings. The summed E-state index contributed by atoms with van der Waals surface area (Å²) >= 11 is 8.30. The molecule has 0 amide bonds. The maximum absolute atomic E-state index is 12.2. The fourth-order valence-electron chi connectivity index (χ4n) is 1.69. The highest BCUT2D eigenvalue weighted by molar-refractivity contribution is 9.13. The number of halogens is 2. The molecule has 0 spiro atoms. The van der Waals surface area contributed by atoms with Gasteiger partial charge in [0.1, 0.15) is 0 Å². The number of ketones is 1. The Balaban J connectivity index is 2.21. The van der Waals surface area contributed by atoms with Crippen molar-refractivity contribution in [2.75, 3.05) is 0 Å². The zero-order valence-corrected chi connectivity index (χ0v) is 14.1. The van der Waals surface area contributed by atoms with Crippen LogP contribution in [0, 0.1) is 13.8 Å². The largest absolute Gasteiger partial charge is 0.293 e. The Bertz CT molecular complexity index is 602. The van der Waals surface area contributed by atoms with Gasteiger partial charge in [-0.2, -0.15) is 0 Å². The molecule has 4 heteroatoms. The molecule has 0 bridgehead atoms. The third-order valence-electron chi connectivity index (χ3n) is 2.88. The molecule has 1 nitrogen and oxygen atoms in total. The highest BCUT2D eigenvalue weighted by Gasteiger charge is 2.15. The van der Waals surface area contributed by atoms with Crippen molar-refractivity contribution < 1.29 is 4.79 Å². The molecule has 2 rings (SSSR count). The lowest BCUT2D eigenvalue weighted by molar-refractivity contribution is 0.0996. The molecule has 0 aliphatic heterocycles. The zero-order valence-electron chi connectivity index (χ0n) is 10.1. The summed E-state index contributed by atoms with van der Waals surface area (Å²) in [4.78, 5) is 13.0. The van der Waals surface area contributed by atoms with Crippen molar-refractivity contribution in [3.05, 3.63) is 54.1 Å². The summed E-state index contributed by atoms with van der Waals surface area (Å²) in [6.45, 7) is 4.15. The number of benzene rings is 1. The van der Waals surface area contributed by atoms with Gasteiger partial charge in [0.2, 0.25) is 0 Å². The van der Waals surface area contributed by atoms with Gasteiger partial charge in [-0.1, -0.05) is 18.2 Å². The number of aryl methyl sites for hydroxylation is 2. The third kappa shape index (κ3) is 2.92. The van der Waals surface area contributed by atoms with E-state index in [4.69, 9.17) is 0 Å². The van der Waals surface area contributed by atoms with Gasteiger partial charge >= 0.3 is 0 Å². The summed E-state index contributed by atoms with van der Waals surface area (Å²) in [6.07, 6.45) is 0.451. The average Bonchev–Trinajstić information content (AvgIpc) is 2.65. The molecule has 0 aliphatic rings. The first kappa shape index (κ1) is 14.0. The van der Waals surface area contributed by atoms with Gasteiger partial charge in [0, 0.05) is 16.3 Å². The van der Waals surface area contributed by atoms with Gasteiger partial charge < -0.3 is 0 Å². The quantitative estimate of drug-likeness (QED) is 0.651. The maximum Gasteiger partial charge on any atom is 0.178 e. The van der Waals surface area contributed by atoms with E-state index in [1.54, 1.807) is 0 Å². The number of carbonyl (C=O) groups is 1. The van der Waals surface area contributed by atoms with E-state index >= 15 is 0 Å². The highest BCUT2D eigenvalue weighted by Crippen LogP contribution is 2.33. The summed E-state index contributed by atoms with van der Waals surface area (Å²) in [5.74, 6) is 0.154. The smallest absolute Gasteiger partial charge is 0.178 e. The van der Waals surface area contributed by atoms with Crippen molar-refractivity contribution in [2.45, 2.75) is 20.3 Å². The van der Waals surface area contributed by atoms with Crippen molar-refractivity contribution in [3.8, 4) is 0 Å². The van der Waals surface area contributed by atoms with Gasteiger partial charge in [-0.05, 0) is 62.4 Å². The van der Waals surface area contributed by atoms with Crippen molar-refractivity contribution in [1.29, 1.82) is 0 Å². The lowest BCUT2D eigenvalue weighted by Gasteiger charge is -2.04. The second-order valence-corrected chi connectivity index (χ2v) is 6.77. The van der Waals surface area contributed by atoms with E-state index in [9.17, 15) is 4.79 Å². The van der Waals surface area contributed by atoms with Crippen molar-refractivity contribution in [3.63, 3.8) is 0 Å². The average molecular weight is 388 g/mol. The van der Waals surface area contributed by atoms with Crippen LogP contribution in [0.25, 0.3) is 0 Å². The molecule has 1 heterocycles. The van der Waals surface area contributed by atoms with Gasteiger partial charge in [-0.25, -0.2) is 0 Å². The Labute approximate surface area is 127 Å². The second kappa shape index (κ2) is 5.68. The van der Waals surface area contributed by atoms with E-state index < -0.39 is 0 Å². The van der Waals surface area contributed by atoms with E-state index in [0.29, 0.717) is 6.42 Å². The van der Waals surface area contributed by atoms with Crippen LogP contribution in [-0.4, -0.2) is 5.78 Å². The molecule has 94 valence electrons. The number of rotatable bonds is 3. The summed E-state index contributed by atoms with van der Waals surface area (Å²) in [6, 6.07) is 6.18. The van der Waals surface area contributed by atoms with Crippen LogP contribution in [0.4, 0.5) is 0 Å². The minimum Gasteiger partial charge on any atom is -0.293 e. The molecular formula is C14H12Br2OS. The van der Waals surface area contributed by atoms with E-state index in [1.807, 2.05) is 11.4 Å². The number of hydrogen-bond donors (Lipinski definition) is 0. The summed E-state index contributed by atoms with van der Waals surface area (Å²) in [7, 11) is 0. The van der Waals surface area contributed by atoms with Gasteiger partial charge in [0.15, 0.2) is 5.78 Å². The lowest BCUT2D eigenvalue weighted by Crippen LogP contribution is -2.02. The van der Waals surface area contributed by atoms with Crippen LogP contribution in [0.2, 0.25) is 0 Å². The lowest BCUT2D eigenvalue weighted by atomic mass is 10.0. The molecule has 0 atom stereocenters. The van der Waals surface area contributed by atoms with Gasteiger partial charge in [-0.3, -0.25) is 4.79 Å². The molecule has 18 heavy (non-hydrogen) atoms. The predicted octanol–water partition coefficient (Wildman–Crippen LogP) is 5.32. The van der Waals surface area contributed by atoms with Crippen LogP contribution in [0.3, 0.4) is 0 Å². The van der Waals surface area contributed by atoms with Crippen molar-refractivity contribution in [2.24, 2.45) is 0 Å². The minimum absolute atomic E-state index is 0.154. The van der Waals surface area contributed by atoms with Crippen LogP contribution in [0.15, 0.2) is 32.5 Å². The SMILES string of the molecule is Cc1ccc(CC(=O)c2scc(Br)c2Br)cc1C. The Morgan fingerprint density at radius 2 is 1.94 bits per heavy atom. The second-order valence-electron chi connectivity index (χ2n) is 4.25. The Morgan fingerprint density at radius 1 is 1.22 bits per heavy atom. The van der Waals surface area contributed by atoms with E-state index in [0.717, 1.165) is 19.4 Å². The monoisotopic (exact) mass is 386 g/mol. The fourth-order valence-corrected chi connectivity index (χ4v) is 3.82. The zero-order chi connectivity index (χ0) is 13.3. The van der Waals surface area contributed by atoms with Crippen LogP contribution < -0.4 is 0 Å². The summed E-state index contributed by atoms with van der Waals surface area (Å²) in [5, 5.41) is 1.93. The minimum atomic E-state index is 0.154. The van der Waals surface area contributed by atoms with Gasteiger partial charge in [0.25, 0.3) is 0 Å². The number of carbonyl (C=O) groups excluding carboxylic acids is 1.